The number of hydrogen-bond acceptors (Lipinski definition) is 3. The maximum Gasteiger partial charge on any atom is 0.279 e. The van der Waals surface area contributed by atoms with Crippen LogP contribution in [0.1, 0.15) is 38.8 Å². The summed E-state index contributed by atoms with van der Waals surface area (Å²) in [6.07, 6.45) is 1.02. The summed E-state index contributed by atoms with van der Waals surface area (Å²) in [5.74, 6) is 0. The van der Waals surface area contributed by atoms with Crippen LogP contribution in [0.2, 0.25) is 0 Å². The Hall–Kier alpha value is -0.950. The third-order valence-corrected chi connectivity index (χ3v) is 6.42. The van der Waals surface area contributed by atoms with Crippen LogP contribution >= 0.6 is 0 Å². The molecule has 0 bridgehead atoms. The van der Waals surface area contributed by atoms with Crippen molar-refractivity contribution in [2.75, 3.05) is 26.2 Å². The summed E-state index contributed by atoms with van der Waals surface area (Å²) < 4.78 is 28.9. The van der Waals surface area contributed by atoms with Crippen molar-refractivity contribution in [3.05, 3.63) is 35.4 Å². The number of nitrogens with one attached hydrogen (secondary N) is 1. The standard InChI is InChI=1S/C17H29N3O2S/c1-5-20(6-2)23(21,22)18-14-17(3,4)19-12-11-15-9-7-8-10-16(15)13-19/h7-10,18H,5-6,11-14H2,1-4H3. The highest BCUT2D eigenvalue weighted by Gasteiger charge is 2.31. The van der Waals surface area contributed by atoms with Gasteiger partial charge in [-0.2, -0.15) is 12.7 Å². The molecule has 0 amide bonds. The van der Waals surface area contributed by atoms with Crippen molar-refractivity contribution in [2.45, 2.75) is 46.2 Å². The third kappa shape index (κ3) is 4.32. The van der Waals surface area contributed by atoms with Crippen molar-refractivity contribution < 1.29 is 8.42 Å². The van der Waals surface area contributed by atoms with E-state index < -0.39 is 10.2 Å². The zero-order valence-corrected chi connectivity index (χ0v) is 15.5. The molecular formula is C17H29N3O2S. The van der Waals surface area contributed by atoms with Crippen molar-refractivity contribution in [1.29, 1.82) is 0 Å². The lowest BCUT2D eigenvalue weighted by atomic mass is 9.94. The fourth-order valence-electron chi connectivity index (χ4n) is 3.05. The zero-order chi connectivity index (χ0) is 17.1. The van der Waals surface area contributed by atoms with Crippen LogP contribution in [0.25, 0.3) is 0 Å². The SMILES string of the molecule is CCN(CC)S(=O)(=O)NCC(C)(C)N1CCc2ccccc2C1. The van der Waals surface area contributed by atoms with Gasteiger partial charge in [0.25, 0.3) is 10.2 Å². The number of rotatable bonds is 7. The van der Waals surface area contributed by atoms with Crippen molar-refractivity contribution >= 4 is 10.2 Å². The quantitative estimate of drug-likeness (QED) is 0.827. The van der Waals surface area contributed by atoms with E-state index >= 15 is 0 Å². The highest BCUT2D eigenvalue weighted by atomic mass is 32.2. The molecule has 1 heterocycles. The van der Waals surface area contributed by atoms with Gasteiger partial charge in [0.05, 0.1) is 0 Å². The molecule has 0 aromatic heterocycles. The van der Waals surface area contributed by atoms with Crippen LogP contribution in [0.15, 0.2) is 24.3 Å². The summed E-state index contributed by atoms with van der Waals surface area (Å²) in [6, 6.07) is 8.50. The Balaban J connectivity index is 2.03. The van der Waals surface area contributed by atoms with Crippen molar-refractivity contribution in [1.82, 2.24) is 13.9 Å². The molecule has 0 saturated carbocycles. The Morgan fingerprint density at radius 3 is 2.39 bits per heavy atom. The van der Waals surface area contributed by atoms with E-state index in [0.717, 1.165) is 19.5 Å². The van der Waals surface area contributed by atoms with E-state index in [2.05, 4.69) is 47.7 Å². The lowest BCUT2D eigenvalue weighted by molar-refractivity contribution is 0.107. The van der Waals surface area contributed by atoms with Gasteiger partial charge in [-0.3, -0.25) is 4.90 Å². The number of hydrogen-bond donors (Lipinski definition) is 1. The molecule has 0 unspecified atom stereocenters. The van der Waals surface area contributed by atoms with Gasteiger partial charge in [0.2, 0.25) is 0 Å². The minimum Gasteiger partial charge on any atom is -0.292 e. The molecular weight excluding hydrogens is 310 g/mol. The van der Waals surface area contributed by atoms with Crippen LogP contribution in [0.5, 0.6) is 0 Å². The van der Waals surface area contributed by atoms with E-state index in [1.807, 2.05) is 13.8 Å². The number of fused-ring (bicyclic) bond motifs is 1. The summed E-state index contributed by atoms with van der Waals surface area (Å²) in [5.41, 5.74) is 2.52. The van der Waals surface area contributed by atoms with E-state index in [4.69, 9.17) is 0 Å². The van der Waals surface area contributed by atoms with E-state index in [-0.39, 0.29) is 5.54 Å². The van der Waals surface area contributed by atoms with Gasteiger partial charge in [-0.25, -0.2) is 4.72 Å². The van der Waals surface area contributed by atoms with Gasteiger partial charge >= 0.3 is 0 Å². The first-order valence-corrected chi connectivity index (χ1v) is 9.80. The van der Waals surface area contributed by atoms with Crippen LogP contribution in [0, 0.1) is 0 Å². The smallest absolute Gasteiger partial charge is 0.279 e. The topological polar surface area (TPSA) is 52.7 Å². The lowest BCUT2D eigenvalue weighted by Crippen LogP contribution is -2.54. The van der Waals surface area contributed by atoms with E-state index in [1.165, 1.54) is 15.4 Å². The first-order valence-electron chi connectivity index (χ1n) is 8.36. The molecule has 2 rings (SSSR count). The highest BCUT2D eigenvalue weighted by Crippen LogP contribution is 2.25. The Bertz CT molecular complexity index is 624. The summed E-state index contributed by atoms with van der Waals surface area (Å²) in [5, 5.41) is 0. The Morgan fingerprint density at radius 2 is 1.78 bits per heavy atom. The minimum atomic E-state index is -3.40. The molecule has 1 aromatic rings. The van der Waals surface area contributed by atoms with Crippen LogP contribution < -0.4 is 4.72 Å². The van der Waals surface area contributed by atoms with Crippen molar-refractivity contribution in [3.63, 3.8) is 0 Å². The fourth-order valence-corrected chi connectivity index (χ4v) is 4.44. The fraction of sp³-hybridized carbons (Fsp3) is 0.647. The molecule has 0 saturated heterocycles. The molecule has 1 aliphatic rings. The normalized spacial score (nSPS) is 16.6. The largest absolute Gasteiger partial charge is 0.292 e. The molecule has 1 N–H and O–H groups in total. The second kappa shape index (κ2) is 7.30. The molecule has 23 heavy (non-hydrogen) atoms. The number of nitrogens with zero attached hydrogens (tertiary/aromatic N) is 2. The maximum absolute atomic E-state index is 12.3. The Morgan fingerprint density at radius 1 is 1.17 bits per heavy atom. The molecule has 1 aromatic carbocycles. The molecule has 130 valence electrons. The first kappa shape index (κ1) is 18.4. The van der Waals surface area contributed by atoms with Crippen molar-refractivity contribution in [2.24, 2.45) is 0 Å². The predicted octanol–water partition coefficient (Wildman–Crippen LogP) is 2.00. The van der Waals surface area contributed by atoms with Gasteiger partial charge in [0.15, 0.2) is 0 Å². The summed E-state index contributed by atoms with van der Waals surface area (Å²) in [6.45, 7) is 11.1. The molecule has 0 radical (unpaired) electrons. The molecule has 5 nitrogen and oxygen atoms in total. The Labute approximate surface area is 140 Å². The second-order valence-electron chi connectivity index (χ2n) is 6.66. The minimum absolute atomic E-state index is 0.228. The van der Waals surface area contributed by atoms with Crippen LogP contribution in [0.3, 0.4) is 0 Å². The first-order chi connectivity index (χ1) is 10.8. The number of benzene rings is 1. The molecule has 1 aliphatic heterocycles. The highest BCUT2D eigenvalue weighted by molar-refractivity contribution is 7.87. The van der Waals surface area contributed by atoms with Gasteiger partial charge in [0.1, 0.15) is 0 Å². The van der Waals surface area contributed by atoms with E-state index in [1.54, 1.807) is 0 Å². The van der Waals surface area contributed by atoms with E-state index in [0.29, 0.717) is 19.6 Å². The third-order valence-electron chi connectivity index (χ3n) is 4.72. The van der Waals surface area contributed by atoms with Crippen LogP contribution in [-0.2, 0) is 23.2 Å². The van der Waals surface area contributed by atoms with Gasteiger partial charge in [0, 0.05) is 38.3 Å². The summed E-state index contributed by atoms with van der Waals surface area (Å²) in [7, 11) is -3.40. The molecule has 0 atom stereocenters. The summed E-state index contributed by atoms with van der Waals surface area (Å²) >= 11 is 0. The molecule has 0 spiro atoms. The molecule has 0 fully saturated rings. The molecule has 6 heteroatoms. The van der Waals surface area contributed by atoms with Gasteiger partial charge in [-0.05, 0) is 31.4 Å². The maximum atomic E-state index is 12.3. The van der Waals surface area contributed by atoms with Gasteiger partial charge in [-0.15, -0.1) is 0 Å². The van der Waals surface area contributed by atoms with Gasteiger partial charge < -0.3 is 0 Å². The predicted molar refractivity (Wildman–Crippen MR) is 94.5 cm³/mol. The average Bonchev–Trinajstić information content (AvgIpc) is 2.53. The Kier molecular flexibility index (Phi) is 5.84. The van der Waals surface area contributed by atoms with Gasteiger partial charge in [-0.1, -0.05) is 38.1 Å². The van der Waals surface area contributed by atoms with E-state index in [9.17, 15) is 8.42 Å². The van der Waals surface area contributed by atoms with Crippen molar-refractivity contribution in [3.8, 4) is 0 Å². The van der Waals surface area contributed by atoms with Crippen LogP contribution in [-0.4, -0.2) is 49.3 Å². The average molecular weight is 340 g/mol. The second-order valence-corrected chi connectivity index (χ2v) is 8.42. The lowest BCUT2D eigenvalue weighted by Gasteiger charge is -2.41. The zero-order valence-electron chi connectivity index (χ0n) is 14.7. The molecule has 0 aliphatic carbocycles. The monoisotopic (exact) mass is 339 g/mol. The van der Waals surface area contributed by atoms with Crippen LogP contribution in [0.4, 0.5) is 0 Å². The summed E-state index contributed by atoms with van der Waals surface area (Å²) in [4.78, 5) is 2.36.